The second kappa shape index (κ2) is 7.03. The Morgan fingerprint density at radius 3 is 1.50 bits per heavy atom. The molecule has 4 heteroatoms. The van der Waals surface area contributed by atoms with E-state index in [2.05, 4.69) is 0 Å². The Labute approximate surface area is 142 Å². The fourth-order valence-electron chi connectivity index (χ4n) is 2.42. The van der Waals surface area contributed by atoms with Gasteiger partial charge in [0.15, 0.2) is 7.14 Å². The molecule has 2 nitrogen and oxygen atoms in total. The number of rotatable bonds is 3. The molecule has 0 heterocycles. The first-order valence-electron chi connectivity index (χ1n) is 6.71. The summed E-state index contributed by atoms with van der Waals surface area (Å²) >= 11 is 0. The van der Waals surface area contributed by atoms with E-state index in [1.807, 2.05) is 60.7 Å². The van der Waals surface area contributed by atoms with Gasteiger partial charge in [-0.25, -0.2) is 0 Å². The quantitative estimate of drug-likeness (QED) is 0.479. The van der Waals surface area contributed by atoms with Crippen LogP contribution in [0.15, 0.2) is 84.9 Å². The molecule has 0 spiro atoms. The van der Waals surface area contributed by atoms with Crippen molar-refractivity contribution in [2.45, 2.75) is 0 Å². The van der Waals surface area contributed by atoms with Crippen molar-refractivity contribution in [2.24, 2.45) is 0 Å². The summed E-state index contributed by atoms with van der Waals surface area (Å²) in [5.41, 5.74) is 0. The first-order chi connectivity index (χ1) is 10.2. The molecule has 0 fully saturated rings. The number of hydrogen-bond donors (Lipinski definition) is 0. The molecule has 3 aromatic carbocycles. The summed E-state index contributed by atoms with van der Waals surface area (Å²) in [4.78, 5) is 0. The molecule has 0 saturated heterocycles. The van der Waals surface area contributed by atoms with Gasteiger partial charge in [0.25, 0.3) is 0 Å². The van der Waals surface area contributed by atoms with E-state index in [1.165, 1.54) is 6.07 Å². The summed E-state index contributed by atoms with van der Waals surface area (Å²) in [6, 6.07) is 25.0. The van der Waals surface area contributed by atoms with Crippen LogP contribution in [0.5, 0.6) is 5.75 Å². The van der Waals surface area contributed by atoms with E-state index in [4.69, 9.17) is 0 Å². The summed E-state index contributed by atoms with van der Waals surface area (Å²) in [5, 5.41) is 14.0. The first kappa shape index (κ1) is 16.7. The molecule has 104 valence electrons. The van der Waals surface area contributed by atoms with E-state index in [-0.39, 0.29) is 24.6 Å². The molecule has 3 rings (SSSR count). The molecule has 0 amide bonds. The Bertz CT molecular complexity index is 745. The Kier molecular flexibility index (Phi) is 5.32. The van der Waals surface area contributed by atoms with Crippen LogP contribution in [0.3, 0.4) is 0 Å². The van der Waals surface area contributed by atoms with Gasteiger partial charge in [0.1, 0.15) is 0 Å². The van der Waals surface area contributed by atoms with Crippen LogP contribution in [0.4, 0.5) is 0 Å². The van der Waals surface area contributed by atoms with Gasteiger partial charge in [0.05, 0.1) is 0 Å². The second-order valence-electron chi connectivity index (χ2n) is 4.75. The predicted octanol–water partition coefficient (Wildman–Crippen LogP) is -0.596. The monoisotopic (exact) mass is 300 g/mol. The number of para-hydroxylation sites is 1. The van der Waals surface area contributed by atoms with E-state index in [0.717, 1.165) is 0 Å². The van der Waals surface area contributed by atoms with Gasteiger partial charge in [0.2, 0.25) is 0 Å². The van der Waals surface area contributed by atoms with E-state index in [0.29, 0.717) is 15.9 Å². The summed E-state index contributed by atoms with van der Waals surface area (Å²) < 4.78 is 13.8. The summed E-state index contributed by atoms with van der Waals surface area (Å²) in [7, 11) is -3.13. The smallest absolute Gasteiger partial charge is 0.872 e. The van der Waals surface area contributed by atoms with Crippen molar-refractivity contribution in [2.75, 3.05) is 0 Å². The molecule has 0 N–H and O–H groups in total. The predicted molar refractivity (Wildman–Crippen MR) is 85.3 cm³/mol. The Morgan fingerprint density at radius 2 is 1.05 bits per heavy atom. The zero-order valence-corrected chi connectivity index (χ0v) is 13.2. The minimum absolute atomic E-state index is 0. The van der Waals surface area contributed by atoms with E-state index in [9.17, 15) is 9.67 Å². The molecule has 0 atom stereocenters. The summed E-state index contributed by atoms with van der Waals surface area (Å²) in [6.07, 6.45) is 0. The molecular formula is C18H14LiO2P. The fraction of sp³-hybridized carbons (Fsp3) is 0. The van der Waals surface area contributed by atoms with Gasteiger partial charge in [-0.3, -0.25) is 0 Å². The van der Waals surface area contributed by atoms with Gasteiger partial charge in [-0.2, -0.15) is 0 Å². The van der Waals surface area contributed by atoms with Gasteiger partial charge >= 0.3 is 18.9 Å². The van der Waals surface area contributed by atoms with Crippen LogP contribution in [0, 0.1) is 0 Å². The first-order valence-corrected chi connectivity index (χ1v) is 8.41. The number of hydrogen-bond acceptors (Lipinski definition) is 2. The minimum Gasteiger partial charge on any atom is -0.872 e. The molecule has 0 aromatic heterocycles. The molecule has 0 aliphatic carbocycles. The molecule has 22 heavy (non-hydrogen) atoms. The molecule has 0 aliphatic heterocycles. The minimum atomic E-state index is -3.13. The Hall–Kier alpha value is -1.71. The van der Waals surface area contributed by atoms with Crippen molar-refractivity contribution in [3.8, 4) is 5.75 Å². The van der Waals surface area contributed by atoms with Crippen LogP contribution in [-0.2, 0) is 4.57 Å². The van der Waals surface area contributed by atoms with Crippen molar-refractivity contribution in [1.29, 1.82) is 0 Å². The largest absolute Gasteiger partial charge is 1.00 e. The van der Waals surface area contributed by atoms with Crippen LogP contribution in [0.1, 0.15) is 0 Å². The second-order valence-corrected chi connectivity index (χ2v) is 7.48. The Balaban J connectivity index is 0.00000176. The zero-order chi connectivity index (χ0) is 14.7. The van der Waals surface area contributed by atoms with Crippen molar-refractivity contribution in [3.63, 3.8) is 0 Å². The van der Waals surface area contributed by atoms with Crippen LogP contribution < -0.4 is 39.9 Å². The maximum atomic E-state index is 13.8. The third-order valence-electron chi connectivity index (χ3n) is 3.44. The Morgan fingerprint density at radius 1 is 0.636 bits per heavy atom. The van der Waals surface area contributed by atoms with Crippen LogP contribution in [-0.4, -0.2) is 0 Å². The van der Waals surface area contributed by atoms with Crippen LogP contribution in [0.25, 0.3) is 0 Å². The van der Waals surface area contributed by atoms with Crippen molar-refractivity contribution < 1.29 is 28.5 Å². The molecule has 0 unspecified atom stereocenters. The van der Waals surface area contributed by atoms with Gasteiger partial charge in [-0.15, -0.1) is 0 Å². The molecule has 0 radical (unpaired) electrons. The van der Waals surface area contributed by atoms with Gasteiger partial charge in [0, 0.05) is 15.9 Å². The average molecular weight is 300 g/mol. The van der Waals surface area contributed by atoms with Crippen molar-refractivity contribution in [3.05, 3.63) is 84.9 Å². The van der Waals surface area contributed by atoms with Crippen LogP contribution in [0.2, 0.25) is 0 Å². The molecule has 0 aliphatic rings. The van der Waals surface area contributed by atoms with E-state index >= 15 is 0 Å². The van der Waals surface area contributed by atoms with Gasteiger partial charge < -0.3 is 9.67 Å². The molecular weight excluding hydrogens is 286 g/mol. The van der Waals surface area contributed by atoms with E-state index in [1.54, 1.807) is 18.2 Å². The summed E-state index contributed by atoms with van der Waals surface area (Å²) in [6.45, 7) is 0. The van der Waals surface area contributed by atoms with Gasteiger partial charge in [-0.05, 0) is 0 Å². The topological polar surface area (TPSA) is 40.1 Å². The van der Waals surface area contributed by atoms with Crippen molar-refractivity contribution in [1.82, 2.24) is 0 Å². The summed E-state index contributed by atoms with van der Waals surface area (Å²) in [5.74, 6) is -0.187. The third kappa shape index (κ3) is 2.92. The van der Waals surface area contributed by atoms with E-state index < -0.39 is 7.14 Å². The molecule has 0 saturated carbocycles. The normalized spacial score (nSPS) is 10.7. The third-order valence-corrected chi connectivity index (χ3v) is 6.54. The maximum absolute atomic E-state index is 13.8. The average Bonchev–Trinajstić information content (AvgIpc) is 2.56. The SMILES string of the molecule is O=P(c1ccccc1)(c1ccccc1)c1ccccc1[O-].[Li+]. The standard InChI is InChI=1S/C18H15O2P.Li/c19-17-13-7-8-14-18(17)21(20,15-9-3-1-4-10-15)16-11-5-2-6-12-16;/h1-14,19H;/q;+1/p-1. The maximum Gasteiger partial charge on any atom is 1.00 e. The number of benzene rings is 3. The van der Waals surface area contributed by atoms with Gasteiger partial charge in [-0.1, -0.05) is 90.7 Å². The zero-order valence-electron chi connectivity index (χ0n) is 12.3. The molecule has 0 bridgehead atoms. The fourth-order valence-corrected chi connectivity index (χ4v) is 5.14. The van der Waals surface area contributed by atoms with Crippen LogP contribution >= 0.6 is 7.14 Å². The van der Waals surface area contributed by atoms with Crippen molar-refractivity contribution >= 4 is 23.1 Å². The molecule has 3 aromatic rings.